The van der Waals surface area contributed by atoms with Gasteiger partial charge >= 0.3 is 0 Å². The average molecular weight is 363 g/mol. The van der Waals surface area contributed by atoms with Crippen LogP contribution in [0.3, 0.4) is 0 Å². The van der Waals surface area contributed by atoms with Crippen LogP contribution in [0.1, 0.15) is 10.6 Å². The van der Waals surface area contributed by atoms with E-state index in [0.717, 1.165) is 33.0 Å². The number of carbonyl (C=O) groups excluding carboxylic acids is 1. The van der Waals surface area contributed by atoms with Crippen LogP contribution in [-0.2, 0) is 0 Å². The van der Waals surface area contributed by atoms with Crippen molar-refractivity contribution in [2.75, 3.05) is 5.32 Å². The molecule has 1 amide bonds. The van der Waals surface area contributed by atoms with Crippen LogP contribution in [0.2, 0.25) is 0 Å². The molecule has 0 saturated carbocycles. The van der Waals surface area contributed by atoms with Gasteiger partial charge < -0.3 is 9.73 Å². The highest BCUT2D eigenvalue weighted by Crippen LogP contribution is 2.30. The minimum Gasteiger partial charge on any atom is -0.451 e. The van der Waals surface area contributed by atoms with Gasteiger partial charge in [0.25, 0.3) is 5.91 Å². The fourth-order valence-corrected chi connectivity index (χ4v) is 3.55. The van der Waals surface area contributed by atoms with Gasteiger partial charge in [-0.2, -0.15) is 0 Å². The molecule has 134 valence electrons. The second-order valence-electron chi connectivity index (χ2n) is 6.67. The lowest BCUT2D eigenvalue weighted by atomic mass is 10.0. The van der Waals surface area contributed by atoms with E-state index in [2.05, 4.69) is 11.4 Å². The summed E-state index contributed by atoms with van der Waals surface area (Å²) in [5.41, 5.74) is 3.48. The Morgan fingerprint density at radius 2 is 1.46 bits per heavy atom. The lowest BCUT2D eigenvalue weighted by molar-refractivity contribution is 0.0999. The average Bonchev–Trinajstić information content (AvgIpc) is 3.20. The molecule has 1 heterocycles. The van der Waals surface area contributed by atoms with Crippen LogP contribution in [-0.4, -0.2) is 5.91 Å². The molecular weight excluding hydrogens is 346 g/mol. The van der Waals surface area contributed by atoms with E-state index < -0.39 is 0 Å². The molecule has 0 atom stereocenters. The number of amides is 1. The van der Waals surface area contributed by atoms with Gasteiger partial charge in [0.1, 0.15) is 5.58 Å². The fourth-order valence-electron chi connectivity index (χ4n) is 3.55. The molecule has 5 rings (SSSR count). The number of nitrogens with one attached hydrogen (secondary N) is 1. The number of rotatable bonds is 3. The van der Waals surface area contributed by atoms with Gasteiger partial charge in [0, 0.05) is 16.6 Å². The van der Waals surface area contributed by atoms with Crippen molar-refractivity contribution >= 4 is 33.3 Å². The van der Waals surface area contributed by atoms with Crippen LogP contribution < -0.4 is 5.32 Å². The number of furan rings is 1. The summed E-state index contributed by atoms with van der Waals surface area (Å²) in [5.74, 6) is 0.0397. The van der Waals surface area contributed by atoms with Crippen molar-refractivity contribution in [2.24, 2.45) is 0 Å². The lowest BCUT2D eigenvalue weighted by Crippen LogP contribution is -2.11. The third-order valence-corrected chi connectivity index (χ3v) is 4.91. The summed E-state index contributed by atoms with van der Waals surface area (Å²) in [6, 6.07) is 31.6. The Bertz CT molecular complexity index is 1300. The smallest absolute Gasteiger partial charge is 0.291 e. The van der Waals surface area contributed by atoms with E-state index in [1.807, 2.05) is 91.0 Å². The Kier molecular flexibility index (Phi) is 3.91. The molecule has 0 spiro atoms. The van der Waals surface area contributed by atoms with Gasteiger partial charge in [-0.3, -0.25) is 4.79 Å². The molecule has 0 aliphatic rings. The zero-order valence-electron chi connectivity index (χ0n) is 15.1. The molecular formula is C25H17NO2. The lowest BCUT2D eigenvalue weighted by Gasteiger charge is -2.10. The summed E-state index contributed by atoms with van der Waals surface area (Å²) in [6.07, 6.45) is 0. The highest BCUT2D eigenvalue weighted by atomic mass is 16.3. The molecule has 1 N–H and O–H groups in total. The number of hydrogen-bond donors (Lipinski definition) is 1. The van der Waals surface area contributed by atoms with Gasteiger partial charge in [-0.1, -0.05) is 78.9 Å². The Morgan fingerprint density at radius 3 is 2.36 bits per heavy atom. The van der Waals surface area contributed by atoms with E-state index in [1.54, 1.807) is 0 Å². The first-order valence-electron chi connectivity index (χ1n) is 9.17. The van der Waals surface area contributed by atoms with Crippen LogP contribution in [0, 0.1) is 0 Å². The SMILES string of the molecule is O=C(Nc1ccccc1-c1ccccc1)c1cc2c(ccc3ccccc32)o1. The molecule has 3 nitrogen and oxygen atoms in total. The number of carbonyl (C=O) groups is 1. The summed E-state index contributed by atoms with van der Waals surface area (Å²) < 4.78 is 5.84. The Balaban J connectivity index is 1.52. The molecule has 4 aromatic carbocycles. The number of anilines is 1. The Labute approximate surface area is 162 Å². The van der Waals surface area contributed by atoms with Crippen molar-refractivity contribution in [2.45, 2.75) is 0 Å². The van der Waals surface area contributed by atoms with Crippen molar-refractivity contribution in [3.8, 4) is 11.1 Å². The maximum absolute atomic E-state index is 12.9. The van der Waals surface area contributed by atoms with Gasteiger partial charge in [-0.15, -0.1) is 0 Å². The molecule has 3 heteroatoms. The fraction of sp³-hybridized carbons (Fsp3) is 0. The Morgan fingerprint density at radius 1 is 0.714 bits per heavy atom. The van der Waals surface area contributed by atoms with Crippen LogP contribution in [0.15, 0.2) is 101 Å². The minimum absolute atomic E-state index is 0.260. The van der Waals surface area contributed by atoms with Gasteiger partial charge in [0.15, 0.2) is 5.76 Å². The summed E-state index contributed by atoms with van der Waals surface area (Å²) in [6.45, 7) is 0. The topological polar surface area (TPSA) is 42.2 Å². The van der Waals surface area contributed by atoms with Crippen molar-refractivity contribution in [1.29, 1.82) is 0 Å². The molecule has 1 aromatic heterocycles. The highest BCUT2D eigenvalue weighted by Gasteiger charge is 2.15. The third-order valence-electron chi connectivity index (χ3n) is 4.91. The summed E-state index contributed by atoms with van der Waals surface area (Å²) in [5, 5.41) is 6.14. The second-order valence-corrected chi connectivity index (χ2v) is 6.67. The van der Waals surface area contributed by atoms with E-state index in [4.69, 9.17) is 4.42 Å². The zero-order valence-corrected chi connectivity index (χ0v) is 15.1. The van der Waals surface area contributed by atoms with E-state index in [-0.39, 0.29) is 5.91 Å². The molecule has 0 fully saturated rings. The quantitative estimate of drug-likeness (QED) is 0.397. The Hall–Kier alpha value is -3.85. The second kappa shape index (κ2) is 6.71. The van der Waals surface area contributed by atoms with Crippen LogP contribution in [0.5, 0.6) is 0 Å². The maximum atomic E-state index is 12.9. The standard InChI is InChI=1S/C25H17NO2/c27-25(26-22-13-7-6-12-20(22)17-8-2-1-3-9-17)24-16-21-19-11-5-4-10-18(19)14-15-23(21)28-24/h1-16H,(H,26,27). The largest absolute Gasteiger partial charge is 0.451 e. The normalized spacial score (nSPS) is 11.0. The first kappa shape index (κ1) is 16.3. The van der Waals surface area contributed by atoms with E-state index in [1.165, 1.54) is 0 Å². The molecule has 0 unspecified atom stereocenters. The number of hydrogen-bond acceptors (Lipinski definition) is 2. The van der Waals surface area contributed by atoms with Crippen molar-refractivity contribution in [3.63, 3.8) is 0 Å². The molecule has 28 heavy (non-hydrogen) atoms. The van der Waals surface area contributed by atoms with Crippen LogP contribution >= 0.6 is 0 Å². The first-order valence-corrected chi connectivity index (χ1v) is 9.17. The van der Waals surface area contributed by atoms with E-state index in [9.17, 15) is 4.79 Å². The predicted molar refractivity (Wildman–Crippen MR) is 114 cm³/mol. The monoisotopic (exact) mass is 363 g/mol. The summed E-state index contributed by atoms with van der Waals surface area (Å²) >= 11 is 0. The van der Waals surface area contributed by atoms with E-state index >= 15 is 0 Å². The van der Waals surface area contributed by atoms with Crippen LogP contribution in [0.25, 0.3) is 32.9 Å². The van der Waals surface area contributed by atoms with Crippen molar-refractivity contribution in [1.82, 2.24) is 0 Å². The van der Waals surface area contributed by atoms with E-state index in [0.29, 0.717) is 11.3 Å². The van der Waals surface area contributed by atoms with Crippen molar-refractivity contribution < 1.29 is 9.21 Å². The predicted octanol–water partition coefficient (Wildman–Crippen LogP) is 6.51. The van der Waals surface area contributed by atoms with Gasteiger partial charge in [0.05, 0.1) is 0 Å². The van der Waals surface area contributed by atoms with Crippen LogP contribution in [0.4, 0.5) is 5.69 Å². The molecule has 0 aliphatic carbocycles. The number of fused-ring (bicyclic) bond motifs is 3. The number of para-hydroxylation sites is 1. The maximum Gasteiger partial charge on any atom is 0.291 e. The van der Waals surface area contributed by atoms with Gasteiger partial charge in [-0.25, -0.2) is 0 Å². The first-order chi connectivity index (χ1) is 13.8. The minimum atomic E-state index is -0.260. The molecule has 0 bridgehead atoms. The molecule has 5 aromatic rings. The third kappa shape index (κ3) is 2.83. The van der Waals surface area contributed by atoms with Gasteiger partial charge in [0.2, 0.25) is 0 Å². The molecule has 0 saturated heterocycles. The number of benzene rings is 4. The highest BCUT2D eigenvalue weighted by molar-refractivity contribution is 6.11. The van der Waals surface area contributed by atoms with Crippen molar-refractivity contribution in [3.05, 3.63) is 103 Å². The molecule has 0 radical (unpaired) electrons. The van der Waals surface area contributed by atoms with Gasteiger partial charge in [-0.05, 0) is 34.5 Å². The molecule has 0 aliphatic heterocycles. The zero-order chi connectivity index (χ0) is 18.9. The summed E-state index contributed by atoms with van der Waals surface area (Å²) in [7, 11) is 0. The summed E-state index contributed by atoms with van der Waals surface area (Å²) in [4.78, 5) is 12.9.